The smallest absolute Gasteiger partial charge is 0.262 e. The van der Waals surface area contributed by atoms with E-state index in [0.717, 1.165) is 5.69 Å². The van der Waals surface area contributed by atoms with E-state index < -0.39 is 15.7 Å². The molecule has 0 saturated carbocycles. The second-order valence-electron chi connectivity index (χ2n) is 6.38. The average Bonchev–Trinajstić information content (AvgIpc) is 2.96. The van der Waals surface area contributed by atoms with Crippen LogP contribution in [0.15, 0.2) is 5.57 Å². The van der Waals surface area contributed by atoms with E-state index in [1.165, 1.54) is 6.08 Å². The van der Waals surface area contributed by atoms with Crippen molar-refractivity contribution in [3.63, 3.8) is 0 Å². The van der Waals surface area contributed by atoms with Crippen LogP contribution in [0.3, 0.4) is 0 Å². The van der Waals surface area contributed by atoms with Gasteiger partial charge in [0, 0.05) is 17.3 Å². The molecule has 0 unspecified atom stereocenters. The van der Waals surface area contributed by atoms with E-state index in [1.54, 1.807) is 11.6 Å². The first-order chi connectivity index (χ1) is 11.1. The van der Waals surface area contributed by atoms with Crippen LogP contribution in [-0.2, 0) is 14.6 Å². The van der Waals surface area contributed by atoms with Gasteiger partial charge in [-0.2, -0.15) is 10.4 Å². The summed E-state index contributed by atoms with van der Waals surface area (Å²) >= 11 is 0. The number of nitrogens with zero attached hydrogens (tertiary/aromatic N) is 3. The SMILES string of the molecule is Cc1nn([C@H]2CCS(=O)(=O)C2)c(C)c1/C=C(\C#N)C(=O)NC(C)C. The third-order valence-corrected chi connectivity index (χ3v) is 5.76. The zero-order chi connectivity index (χ0) is 18.1. The molecule has 0 aliphatic carbocycles. The lowest BCUT2D eigenvalue weighted by Crippen LogP contribution is -2.30. The molecule has 1 aromatic heterocycles. The Labute approximate surface area is 142 Å². The summed E-state index contributed by atoms with van der Waals surface area (Å²) in [6.45, 7) is 7.25. The highest BCUT2D eigenvalue weighted by atomic mass is 32.2. The monoisotopic (exact) mass is 350 g/mol. The zero-order valence-electron chi connectivity index (χ0n) is 14.3. The first-order valence-electron chi connectivity index (χ1n) is 7.83. The van der Waals surface area contributed by atoms with Crippen LogP contribution >= 0.6 is 0 Å². The normalized spacial score (nSPS) is 20.2. The molecule has 1 amide bonds. The molecule has 130 valence electrons. The lowest BCUT2D eigenvalue weighted by Gasteiger charge is -2.11. The highest BCUT2D eigenvalue weighted by molar-refractivity contribution is 7.91. The summed E-state index contributed by atoms with van der Waals surface area (Å²) in [5, 5.41) is 16.4. The molecule has 1 saturated heterocycles. The highest BCUT2D eigenvalue weighted by Gasteiger charge is 2.31. The lowest BCUT2D eigenvalue weighted by molar-refractivity contribution is -0.117. The summed E-state index contributed by atoms with van der Waals surface area (Å²) < 4.78 is 25.1. The number of aryl methyl sites for hydroxylation is 1. The Balaban J connectivity index is 2.37. The van der Waals surface area contributed by atoms with Crippen molar-refractivity contribution in [1.29, 1.82) is 5.26 Å². The summed E-state index contributed by atoms with van der Waals surface area (Å²) in [4.78, 5) is 12.1. The van der Waals surface area contributed by atoms with Gasteiger partial charge in [-0.1, -0.05) is 0 Å². The van der Waals surface area contributed by atoms with Crippen molar-refractivity contribution < 1.29 is 13.2 Å². The third-order valence-electron chi connectivity index (χ3n) is 4.01. The fraction of sp³-hybridized carbons (Fsp3) is 0.562. The van der Waals surface area contributed by atoms with E-state index in [0.29, 0.717) is 17.7 Å². The van der Waals surface area contributed by atoms with Crippen molar-refractivity contribution in [2.75, 3.05) is 11.5 Å². The summed E-state index contributed by atoms with van der Waals surface area (Å²) in [6.07, 6.45) is 2.06. The molecule has 7 nitrogen and oxygen atoms in total. The molecule has 0 aromatic carbocycles. The van der Waals surface area contributed by atoms with Crippen LogP contribution in [0.4, 0.5) is 0 Å². The van der Waals surface area contributed by atoms with Crippen molar-refractivity contribution in [3.8, 4) is 6.07 Å². The van der Waals surface area contributed by atoms with Crippen LogP contribution in [0.2, 0.25) is 0 Å². The zero-order valence-corrected chi connectivity index (χ0v) is 15.1. The molecule has 24 heavy (non-hydrogen) atoms. The van der Waals surface area contributed by atoms with E-state index in [1.807, 2.05) is 26.8 Å². The van der Waals surface area contributed by atoms with Gasteiger partial charge in [0.05, 0.1) is 23.2 Å². The number of nitrogens with one attached hydrogen (secondary N) is 1. The number of amides is 1. The van der Waals surface area contributed by atoms with E-state index >= 15 is 0 Å². The minimum absolute atomic E-state index is 0.00786. The van der Waals surface area contributed by atoms with Crippen molar-refractivity contribution in [2.45, 2.75) is 46.2 Å². The topological polar surface area (TPSA) is 105 Å². The molecule has 0 bridgehead atoms. The molecule has 1 aliphatic heterocycles. The Morgan fingerprint density at radius 3 is 2.62 bits per heavy atom. The minimum Gasteiger partial charge on any atom is -0.349 e. The number of hydrogen-bond acceptors (Lipinski definition) is 5. The van der Waals surface area contributed by atoms with Gasteiger partial charge in [-0.25, -0.2) is 8.42 Å². The fourth-order valence-corrected chi connectivity index (χ4v) is 4.53. The lowest BCUT2D eigenvalue weighted by atomic mass is 10.1. The van der Waals surface area contributed by atoms with Gasteiger partial charge < -0.3 is 5.32 Å². The van der Waals surface area contributed by atoms with Gasteiger partial charge in [0.25, 0.3) is 5.91 Å². The maximum absolute atomic E-state index is 12.1. The second kappa shape index (κ2) is 6.77. The molecular formula is C16H22N4O3S. The molecule has 2 heterocycles. The molecule has 0 spiro atoms. The number of carbonyl (C=O) groups is 1. The Bertz CT molecular complexity index is 828. The van der Waals surface area contributed by atoms with E-state index in [2.05, 4.69) is 10.4 Å². The second-order valence-corrected chi connectivity index (χ2v) is 8.61. The van der Waals surface area contributed by atoms with Crippen molar-refractivity contribution in [1.82, 2.24) is 15.1 Å². The maximum Gasteiger partial charge on any atom is 0.262 e. The number of nitriles is 1. The quantitative estimate of drug-likeness (QED) is 0.651. The molecule has 0 radical (unpaired) electrons. The predicted octanol–water partition coefficient (Wildman–Crippen LogP) is 1.29. The minimum atomic E-state index is -3.01. The standard InChI is InChI=1S/C16H22N4O3S/c1-10(2)18-16(21)13(8-17)7-15-11(3)19-20(12(15)4)14-5-6-24(22,23)9-14/h7,10,14H,5-6,9H2,1-4H3,(H,18,21)/b13-7+/t14-/m0/s1. The Morgan fingerprint density at radius 2 is 2.12 bits per heavy atom. The molecule has 2 rings (SSSR count). The van der Waals surface area contributed by atoms with Gasteiger partial charge in [0.15, 0.2) is 9.84 Å². The summed E-state index contributed by atoms with van der Waals surface area (Å²) in [5.41, 5.74) is 2.13. The number of aromatic nitrogens is 2. The van der Waals surface area contributed by atoms with E-state index in [-0.39, 0.29) is 29.2 Å². The maximum atomic E-state index is 12.1. The number of hydrogen-bond donors (Lipinski definition) is 1. The van der Waals surface area contributed by atoms with Crippen LogP contribution in [0, 0.1) is 25.2 Å². The van der Waals surface area contributed by atoms with Crippen LogP contribution in [0.5, 0.6) is 0 Å². The van der Waals surface area contributed by atoms with Gasteiger partial charge in [-0.15, -0.1) is 0 Å². The van der Waals surface area contributed by atoms with Crippen LogP contribution in [-0.4, -0.2) is 41.7 Å². The van der Waals surface area contributed by atoms with Crippen molar-refractivity contribution >= 4 is 21.8 Å². The Morgan fingerprint density at radius 1 is 1.46 bits per heavy atom. The first-order valence-corrected chi connectivity index (χ1v) is 9.65. The van der Waals surface area contributed by atoms with Gasteiger partial charge in [-0.3, -0.25) is 9.48 Å². The number of rotatable bonds is 4. The predicted molar refractivity (Wildman–Crippen MR) is 90.9 cm³/mol. The van der Waals surface area contributed by atoms with E-state index in [9.17, 15) is 18.5 Å². The Hall–Kier alpha value is -2.14. The van der Waals surface area contributed by atoms with Crippen molar-refractivity contribution in [2.24, 2.45) is 0 Å². The summed E-state index contributed by atoms with van der Waals surface area (Å²) in [7, 11) is -3.01. The summed E-state index contributed by atoms with van der Waals surface area (Å²) in [6, 6.07) is 1.66. The van der Waals surface area contributed by atoms with Crippen LogP contribution in [0.25, 0.3) is 6.08 Å². The molecular weight excluding hydrogens is 328 g/mol. The fourth-order valence-electron chi connectivity index (χ4n) is 2.84. The van der Waals surface area contributed by atoms with Gasteiger partial charge >= 0.3 is 0 Å². The van der Waals surface area contributed by atoms with Gasteiger partial charge in [0.2, 0.25) is 0 Å². The van der Waals surface area contributed by atoms with Crippen LogP contribution in [0.1, 0.15) is 43.3 Å². The molecule has 8 heteroatoms. The number of carbonyl (C=O) groups excluding carboxylic acids is 1. The van der Waals surface area contributed by atoms with Gasteiger partial charge in [-0.05, 0) is 40.2 Å². The molecule has 1 fully saturated rings. The van der Waals surface area contributed by atoms with Crippen LogP contribution < -0.4 is 5.32 Å². The molecule has 1 aliphatic rings. The van der Waals surface area contributed by atoms with E-state index in [4.69, 9.17) is 0 Å². The molecule has 1 aromatic rings. The largest absolute Gasteiger partial charge is 0.349 e. The third kappa shape index (κ3) is 3.85. The molecule has 1 atom stereocenters. The first kappa shape index (κ1) is 18.2. The average molecular weight is 350 g/mol. The van der Waals surface area contributed by atoms with Crippen molar-refractivity contribution in [3.05, 3.63) is 22.5 Å². The van der Waals surface area contributed by atoms with Gasteiger partial charge in [0.1, 0.15) is 11.6 Å². The highest BCUT2D eigenvalue weighted by Crippen LogP contribution is 2.27. The molecule has 1 N–H and O–H groups in total. The Kier molecular flexibility index (Phi) is 5.13. The summed E-state index contributed by atoms with van der Waals surface area (Å²) in [5.74, 6) is -0.180. The number of sulfone groups is 1.